The molecule has 1 unspecified atom stereocenters. The second-order valence-electron chi connectivity index (χ2n) is 5.32. The summed E-state index contributed by atoms with van der Waals surface area (Å²) in [4.78, 5) is 0.748. The third-order valence-corrected chi connectivity index (χ3v) is 5.97. The first-order valence-corrected chi connectivity index (χ1v) is 8.84. The van der Waals surface area contributed by atoms with Gasteiger partial charge in [-0.05, 0) is 43.6 Å². The highest BCUT2D eigenvalue weighted by molar-refractivity contribution is 7.89. The number of hydrogen-bond acceptors (Lipinski definition) is 4. The zero-order valence-corrected chi connectivity index (χ0v) is 13.6. The van der Waals surface area contributed by atoms with Crippen molar-refractivity contribution in [2.75, 3.05) is 0 Å². The van der Waals surface area contributed by atoms with Crippen LogP contribution < -0.4 is 4.72 Å². The van der Waals surface area contributed by atoms with Crippen molar-refractivity contribution in [3.8, 4) is 0 Å². The molecule has 0 aliphatic rings. The van der Waals surface area contributed by atoms with Crippen molar-refractivity contribution < 1.29 is 13.5 Å². The Kier molecular flexibility index (Phi) is 5.98. The lowest BCUT2D eigenvalue weighted by atomic mass is 10.1. The molecule has 0 bridgehead atoms. The number of sulfonamides is 1. The molecule has 0 aliphatic heterocycles. The van der Waals surface area contributed by atoms with Crippen LogP contribution in [0.2, 0.25) is 0 Å². The normalized spacial score (nSPS) is 14.0. The molecule has 19 heavy (non-hydrogen) atoms. The van der Waals surface area contributed by atoms with E-state index >= 15 is 0 Å². The van der Waals surface area contributed by atoms with Crippen LogP contribution in [0.1, 0.15) is 44.1 Å². The highest BCUT2D eigenvalue weighted by Crippen LogP contribution is 2.27. The van der Waals surface area contributed by atoms with Crippen molar-refractivity contribution in [3.63, 3.8) is 0 Å². The summed E-state index contributed by atoms with van der Waals surface area (Å²) >= 11 is 1.28. The van der Waals surface area contributed by atoms with Gasteiger partial charge in [0.15, 0.2) is 0 Å². The van der Waals surface area contributed by atoms with E-state index in [-0.39, 0.29) is 17.5 Å². The van der Waals surface area contributed by atoms with E-state index < -0.39 is 10.0 Å². The molecule has 1 rings (SSSR count). The fraction of sp³-hybridized carbons (Fsp3) is 0.692. The molecule has 1 heterocycles. The second-order valence-corrected chi connectivity index (χ2v) is 7.94. The summed E-state index contributed by atoms with van der Waals surface area (Å²) < 4.78 is 27.4. The molecular formula is C13H23NO3S2. The maximum atomic E-state index is 12.3. The average Bonchev–Trinajstić information content (AvgIpc) is 2.68. The van der Waals surface area contributed by atoms with Gasteiger partial charge in [-0.25, -0.2) is 13.1 Å². The molecular weight excluding hydrogens is 282 g/mol. The highest BCUT2D eigenvalue weighted by atomic mass is 32.2. The molecule has 6 heteroatoms. The van der Waals surface area contributed by atoms with Gasteiger partial charge in [-0.15, -0.1) is 11.3 Å². The van der Waals surface area contributed by atoms with Gasteiger partial charge in [0.25, 0.3) is 0 Å². The summed E-state index contributed by atoms with van der Waals surface area (Å²) in [6, 6.07) is -0.0988. The van der Waals surface area contributed by atoms with Gasteiger partial charge in [0.05, 0.1) is 11.5 Å². The number of aryl methyl sites for hydroxylation is 1. The fourth-order valence-corrected chi connectivity index (χ4v) is 4.86. The van der Waals surface area contributed by atoms with Crippen LogP contribution in [0.4, 0.5) is 0 Å². The summed E-state index contributed by atoms with van der Waals surface area (Å²) in [6.45, 7) is 7.63. The van der Waals surface area contributed by atoms with Crippen LogP contribution in [-0.4, -0.2) is 19.6 Å². The van der Waals surface area contributed by atoms with E-state index in [9.17, 15) is 13.5 Å². The minimum absolute atomic E-state index is 0.0988. The van der Waals surface area contributed by atoms with Crippen LogP contribution >= 0.6 is 11.3 Å². The summed E-state index contributed by atoms with van der Waals surface area (Å²) in [7, 11) is -3.54. The lowest BCUT2D eigenvalue weighted by Crippen LogP contribution is -2.33. The number of hydrogen-bond donors (Lipinski definition) is 2. The number of aliphatic hydroxyl groups excluding tert-OH is 1. The Bertz CT molecular complexity index is 506. The first-order valence-electron chi connectivity index (χ1n) is 6.48. The minimum Gasteiger partial charge on any atom is -0.391 e. The number of thiophene rings is 1. The van der Waals surface area contributed by atoms with Crippen molar-refractivity contribution in [2.24, 2.45) is 5.92 Å². The van der Waals surface area contributed by atoms with E-state index in [0.717, 1.165) is 12.8 Å². The maximum Gasteiger partial charge on any atom is 0.242 e. The lowest BCUT2D eigenvalue weighted by molar-refractivity contribution is 0.282. The van der Waals surface area contributed by atoms with E-state index in [1.807, 2.05) is 6.92 Å². The third kappa shape index (κ3) is 4.56. The van der Waals surface area contributed by atoms with Crippen molar-refractivity contribution in [3.05, 3.63) is 15.8 Å². The molecule has 0 aliphatic carbocycles. The molecule has 1 aromatic rings. The predicted octanol–water partition coefficient (Wildman–Crippen LogP) is 2.65. The van der Waals surface area contributed by atoms with Gasteiger partial charge >= 0.3 is 0 Å². The first kappa shape index (κ1) is 16.6. The quantitative estimate of drug-likeness (QED) is 0.814. The van der Waals surface area contributed by atoms with Crippen molar-refractivity contribution in [2.45, 2.75) is 58.1 Å². The van der Waals surface area contributed by atoms with Crippen LogP contribution in [-0.2, 0) is 16.6 Å². The van der Waals surface area contributed by atoms with Gasteiger partial charge in [0, 0.05) is 6.04 Å². The van der Waals surface area contributed by atoms with E-state index in [1.165, 1.54) is 11.3 Å². The summed E-state index contributed by atoms with van der Waals surface area (Å²) in [5.41, 5.74) is 0.692. The monoisotopic (exact) mass is 305 g/mol. The highest BCUT2D eigenvalue weighted by Gasteiger charge is 2.24. The van der Waals surface area contributed by atoms with Crippen molar-refractivity contribution >= 4 is 21.4 Å². The minimum atomic E-state index is -3.54. The van der Waals surface area contributed by atoms with Crippen LogP contribution in [0.25, 0.3) is 0 Å². The Balaban J connectivity index is 2.83. The smallest absolute Gasteiger partial charge is 0.242 e. The molecule has 110 valence electrons. The zero-order chi connectivity index (χ0) is 14.6. The predicted molar refractivity (Wildman–Crippen MR) is 78.8 cm³/mol. The number of aliphatic hydroxyl groups is 1. The maximum absolute atomic E-state index is 12.3. The summed E-state index contributed by atoms with van der Waals surface area (Å²) in [6.07, 6.45) is 1.80. The average molecular weight is 305 g/mol. The van der Waals surface area contributed by atoms with Crippen molar-refractivity contribution in [1.29, 1.82) is 0 Å². The van der Waals surface area contributed by atoms with Gasteiger partial charge < -0.3 is 5.11 Å². The van der Waals surface area contributed by atoms with E-state index in [1.54, 1.807) is 12.3 Å². The molecule has 4 nitrogen and oxygen atoms in total. The van der Waals surface area contributed by atoms with Crippen LogP contribution in [0.15, 0.2) is 10.3 Å². The molecule has 0 radical (unpaired) electrons. The SMILES string of the molecule is Cc1csc(CO)c1S(=O)(=O)NC(C)CCC(C)C. The van der Waals surface area contributed by atoms with Gasteiger partial charge in [-0.1, -0.05) is 13.8 Å². The van der Waals surface area contributed by atoms with Crippen LogP contribution in [0, 0.1) is 12.8 Å². The zero-order valence-electron chi connectivity index (χ0n) is 11.9. The standard InChI is InChI=1S/C13H23NO3S2/c1-9(2)5-6-11(4)14-19(16,17)13-10(3)8-18-12(13)7-15/h8-9,11,14-15H,5-7H2,1-4H3. The van der Waals surface area contributed by atoms with Crippen molar-refractivity contribution in [1.82, 2.24) is 4.72 Å². The van der Waals surface area contributed by atoms with Gasteiger partial charge in [-0.2, -0.15) is 0 Å². The largest absolute Gasteiger partial charge is 0.391 e. The molecule has 0 spiro atoms. The Morgan fingerprint density at radius 3 is 2.47 bits per heavy atom. The molecule has 0 saturated heterocycles. The Morgan fingerprint density at radius 1 is 1.32 bits per heavy atom. The van der Waals surface area contributed by atoms with E-state index in [2.05, 4.69) is 18.6 Å². The van der Waals surface area contributed by atoms with E-state index in [0.29, 0.717) is 16.4 Å². The molecule has 1 aromatic heterocycles. The summed E-state index contributed by atoms with van der Waals surface area (Å²) in [5.74, 6) is 0.558. The first-order chi connectivity index (χ1) is 8.77. The molecule has 0 amide bonds. The molecule has 2 N–H and O–H groups in total. The van der Waals surface area contributed by atoms with Gasteiger partial charge in [0.1, 0.15) is 4.90 Å². The second kappa shape index (κ2) is 6.83. The third-order valence-electron chi connectivity index (χ3n) is 2.94. The van der Waals surface area contributed by atoms with Crippen LogP contribution in [0.5, 0.6) is 0 Å². The fourth-order valence-electron chi connectivity index (χ4n) is 1.92. The number of rotatable bonds is 7. The molecule has 1 atom stereocenters. The Morgan fingerprint density at radius 2 is 1.95 bits per heavy atom. The lowest BCUT2D eigenvalue weighted by Gasteiger charge is -2.16. The number of nitrogens with one attached hydrogen (secondary N) is 1. The Hall–Kier alpha value is -0.430. The molecule has 0 fully saturated rings. The van der Waals surface area contributed by atoms with E-state index in [4.69, 9.17) is 0 Å². The summed E-state index contributed by atoms with van der Waals surface area (Å²) in [5, 5.41) is 11.0. The van der Waals surface area contributed by atoms with Gasteiger partial charge in [0.2, 0.25) is 10.0 Å². The molecule has 0 saturated carbocycles. The Labute approximate surface area is 119 Å². The van der Waals surface area contributed by atoms with Crippen LogP contribution in [0.3, 0.4) is 0 Å². The molecule has 0 aromatic carbocycles. The van der Waals surface area contributed by atoms with Gasteiger partial charge in [-0.3, -0.25) is 0 Å². The topological polar surface area (TPSA) is 66.4 Å².